The molecule has 3 aromatic rings. The van der Waals surface area contributed by atoms with E-state index in [4.69, 9.17) is 11.1 Å². The van der Waals surface area contributed by atoms with Crippen molar-refractivity contribution in [1.82, 2.24) is 31.5 Å². The van der Waals surface area contributed by atoms with Gasteiger partial charge in [-0.2, -0.15) is 0 Å². The van der Waals surface area contributed by atoms with Gasteiger partial charge in [0.2, 0.25) is 29.5 Å². The van der Waals surface area contributed by atoms with E-state index < -0.39 is 54.3 Å². The minimum Gasteiger partial charge on any atom is -0.481 e. The third-order valence-electron chi connectivity index (χ3n) is 10.4. The van der Waals surface area contributed by atoms with Crippen molar-refractivity contribution >= 4 is 41.5 Å². The van der Waals surface area contributed by atoms with Crippen LogP contribution in [0.3, 0.4) is 0 Å². The van der Waals surface area contributed by atoms with Crippen LogP contribution < -0.4 is 32.3 Å². The van der Waals surface area contributed by atoms with Gasteiger partial charge in [0.15, 0.2) is 5.96 Å². The van der Waals surface area contributed by atoms with Gasteiger partial charge in [-0.15, -0.1) is 0 Å². The number of piperidine rings is 1. The molecule has 0 aromatic heterocycles. The Labute approximate surface area is 332 Å². The Hall–Kier alpha value is -6.25. The number of carbonyl (C=O) groups excluding carboxylic acids is 5. The van der Waals surface area contributed by atoms with Crippen LogP contribution in [0.25, 0.3) is 0 Å². The number of carboxylic acid groups (broad SMARTS) is 1. The first kappa shape index (κ1) is 41.9. The lowest BCUT2D eigenvalue weighted by atomic mass is 9.86. The Bertz CT molecular complexity index is 1860. The summed E-state index contributed by atoms with van der Waals surface area (Å²) in [4.78, 5) is 82.0. The highest BCUT2D eigenvalue weighted by atomic mass is 16.4. The average Bonchev–Trinajstić information content (AvgIpc) is 3.56. The molecule has 3 aromatic carbocycles. The molecule has 2 heterocycles. The number of rotatable bonds is 19. The van der Waals surface area contributed by atoms with Crippen LogP contribution >= 0.6 is 0 Å². The largest absolute Gasteiger partial charge is 0.481 e. The fraction of sp³-hybridized carbons (Fsp3) is 0.405. The molecule has 0 spiro atoms. The van der Waals surface area contributed by atoms with E-state index in [-0.39, 0.29) is 62.1 Å². The average molecular weight is 781 g/mol. The van der Waals surface area contributed by atoms with Gasteiger partial charge in [-0.05, 0) is 67.6 Å². The molecule has 6 atom stereocenters. The maximum absolute atomic E-state index is 14.3. The molecule has 2 fully saturated rings. The van der Waals surface area contributed by atoms with Crippen molar-refractivity contribution in [1.29, 1.82) is 5.41 Å². The quantitative estimate of drug-likeness (QED) is 0.0498. The summed E-state index contributed by atoms with van der Waals surface area (Å²) < 4.78 is 0. The predicted octanol–water partition coefficient (Wildman–Crippen LogP) is 1.40. The topological polar surface area (TPSA) is 236 Å². The summed E-state index contributed by atoms with van der Waals surface area (Å²) in [5, 5.41) is 30.7. The van der Waals surface area contributed by atoms with Crippen LogP contribution in [0.5, 0.6) is 0 Å². The number of carboxylic acids is 1. The molecular formula is C42H52N8O7. The first-order valence-corrected chi connectivity index (χ1v) is 19.4. The number of nitrogens with two attached hydrogens (primary N) is 1. The van der Waals surface area contributed by atoms with Crippen molar-refractivity contribution in [2.24, 2.45) is 11.7 Å². The maximum Gasteiger partial charge on any atom is 0.305 e. The zero-order valence-corrected chi connectivity index (χ0v) is 31.8. The van der Waals surface area contributed by atoms with E-state index >= 15 is 0 Å². The van der Waals surface area contributed by atoms with E-state index in [1.165, 1.54) is 0 Å². The predicted molar refractivity (Wildman–Crippen MR) is 212 cm³/mol. The van der Waals surface area contributed by atoms with Crippen molar-refractivity contribution in [3.05, 3.63) is 108 Å². The highest BCUT2D eigenvalue weighted by molar-refractivity contribution is 5.97. The smallest absolute Gasteiger partial charge is 0.305 e. The number of nitrogens with one attached hydrogen (secondary N) is 6. The monoisotopic (exact) mass is 780 g/mol. The van der Waals surface area contributed by atoms with E-state index in [0.717, 1.165) is 16.7 Å². The molecule has 57 heavy (non-hydrogen) atoms. The Morgan fingerprint density at radius 1 is 0.789 bits per heavy atom. The lowest BCUT2D eigenvalue weighted by molar-refractivity contribution is -0.147. The summed E-state index contributed by atoms with van der Waals surface area (Å²) >= 11 is 0. The summed E-state index contributed by atoms with van der Waals surface area (Å²) in [5.74, 6) is -4.39. The van der Waals surface area contributed by atoms with Crippen molar-refractivity contribution in [3.63, 3.8) is 0 Å². The van der Waals surface area contributed by atoms with Crippen molar-refractivity contribution < 1.29 is 33.9 Å². The van der Waals surface area contributed by atoms with E-state index in [1.807, 2.05) is 91.0 Å². The molecule has 5 rings (SSSR count). The molecule has 0 aliphatic carbocycles. The number of fused-ring (bicyclic) bond motifs is 1. The standard InChI is InChI=1S/C42H52N8O7/c43-42(44)46-21-10-17-31(39(55)49-33(26-37(52)53)38(54)45-22-20-27-11-4-1-5-12-27)48-40(56)35-25-30(23-28-13-6-2-7-14-28)34-19-18-32(41(57)50(34)35)47-36(51)24-29-15-8-3-9-16-29/h1-9,11-16,30-35H,10,17-26H2,(H,45,54)(H,47,51)(H,48,56)(H,49,55)(H,52,53)(H4,43,44,46)/t30-,31+,32?,33+,34-,35+/m1/s1. The summed E-state index contributed by atoms with van der Waals surface area (Å²) in [6.45, 7) is 0.406. The third-order valence-corrected chi connectivity index (χ3v) is 10.4. The number of aliphatic carboxylic acids is 1. The van der Waals surface area contributed by atoms with Gasteiger partial charge >= 0.3 is 5.97 Å². The second-order valence-corrected chi connectivity index (χ2v) is 14.6. The summed E-state index contributed by atoms with van der Waals surface area (Å²) in [5.41, 5.74) is 8.26. The van der Waals surface area contributed by atoms with Crippen molar-refractivity contribution in [3.8, 4) is 0 Å². The van der Waals surface area contributed by atoms with Gasteiger partial charge in [0.1, 0.15) is 24.2 Å². The normalized spacial score (nSPS) is 19.6. The number of nitrogens with zero attached hydrogens (tertiary/aromatic N) is 1. The Morgan fingerprint density at radius 2 is 1.42 bits per heavy atom. The third kappa shape index (κ3) is 12.4. The second-order valence-electron chi connectivity index (χ2n) is 14.6. The second kappa shape index (κ2) is 20.6. The van der Waals surface area contributed by atoms with E-state index in [0.29, 0.717) is 32.1 Å². The van der Waals surface area contributed by atoms with Gasteiger partial charge in [0.25, 0.3) is 0 Å². The molecule has 15 heteroatoms. The number of hydrogen-bond acceptors (Lipinski definition) is 7. The molecule has 302 valence electrons. The minimum atomic E-state index is -1.43. The first-order chi connectivity index (χ1) is 27.5. The Morgan fingerprint density at radius 3 is 2.05 bits per heavy atom. The Kier molecular flexibility index (Phi) is 15.1. The van der Waals surface area contributed by atoms with E-state index in [1.54, 1.807) is 4.90 Å². The van der Waals surface area contributed by atoms with Gasteiger partial charge in [0, 0.05) is 19.1 Å². The summed E-state index contributed by atoms with van der Waals surface area (Å²) in [6.07, 6.45) is 2.10. The summed E-state index contributed by atoms with van der Waals surface area (Å²) in [7, 11) is 0. The lowest BCUT2D eigenvalue weighted by Crippen LogP contribution is -2.61. The van der Waals surface area contributed by atoms with Crippen LogP contribution in [-0.2, 0) is 48.0 Å². The molecular weight excluding hydrogens is 729 g/mol. The Balaban J connectivity index is 1.32. The molecule has 1 unspecified atom stereocenters. The van der Waals surface area contributed by atoms with Gasteiger partial charge in [-0.25, -0.2) is 0 Å². The lowest BCUT2D eigenvalue weighted by Gasteiger charge is -2.39. The van der Waals surface area contributed by atoms with Gasteiger partial charge in [-0.3, -0.25) is 34.2 Å². The van der Waals surface area contributed by atoms with Crippen LogP contribution in [0.4, 0.5) is 0 Å². The highest BCUT2D eigenvalue weighted by Gasteiger charge is 2.51. The number of amides is 5. The van der Waals surface area contributed by atoms with Gasteiger partial charge < -0.3 is 42.3 Å². The van der Waals surface area contributed by atoms with Gasteiger partial charge in [-0.1, -0.05) is 91.0 Å². The van der Waals surface area contributed by atoms with Crippen molar-refractivity contribution in [2.75, 3.05) is 13.1 Å². The number of carbonyl (C=O) groups is 6. The molecule has 0 saturated carbocycles. The molecule has 5 amide bonds. The number of hydrogen-bond donors (Lipinski definition) is 8. The summed E-state index contributed by atoms with van der Waals surface area (Å²) in [6, 6.07) is 23.6. The van der Waals surface area contributed by atoms with Crippen LogP contribution in [0.2, 0.25) is 0 Å². The number of benzene rings is 3. The van der Waals surface area contributed by atoms with Crippen LogP contribution in [0, 0.1) is 11.3 Å². The zero-order chi connectivity index (χ0) is 40.7. The van der Waals surface area contributed by atoms with Crippen molar-refractivity contribution in [2.45, 2.75) is 88.0 Å². The fourth-order valence-corrected chi connectivity index (χ4v) is 7.70. The fourth-order valence-electron chi connectivity index (χ4n) is 7.70. The SMILES string of the molecule is N=C(N)NCCC[C@H](NC(=O)[C@@H]1C[C@@H](Cc2ccccc2)[C@H]2CCC(NC(=O)Cc3ccccc3)C(=O)N21)C(=O)N[C@@H](CC(=O)O)C(=O)NCCc1ccccc1. The van der Waals surface area contributed by atoms with Crippen LogP contribution in [0.15, 0.2) is 91.0 Å². The van der Waals surface area contributed by atoms with Crippen LogP contribution in [0.1, 0.15) is 55.2 Å². The highest BCUT2D eigenvalue weighted by Crippen LogP contribution is 2.39. The maximum atomic E-state index is 14.3. The molecule has 2 saturated heterocycles. The number of guanidine groups is 1. The minimum absolute atomic E-state index is 0.0446. The zero-order valence-electron chi connectivity index (χ0n) is 31.8. The molecule has 0 bridgehead atoms. The molecule has 2 aliphatic heterocycles. The van der Waals surface area contributed by atoms with Crippen LogP contribution in [-0.4, -0.2) is 94.8 Å². The molecule has 0 radical (unpaired) electrons. The first-order valence-electron chi connectivity index (χ1n) is 19.4. The molecule has 2 aliphatic rings. The molecule has 15 nitrogen and oxygen atoms in total. The van der Waals surface area contributed by atoms with E-state index in [2.05, 4.69) is 26.6 Å². The van der Waals surface area contributed by atoms with Gasteiger partial charge in [0.05, 0.1) is 12.8 Å². The van der Waals surface area contributed by atoms with E-state index in [9.17, 15) is 33.9 Å². The molecule has 9 N–H and O–H groups in total.